The van der Waals surface area contributed by atoms with E-state index in [-0.39, 0.29) is 11.6 Å². The third-order valence-corrected chi connectivity index (χ3v) is 5.15. The average molecular weight is 419 g/mol. The summed E-state index contributed by atoms with van der Waals surface area (Å²) in [5.41, 5.74) is 1.93. The van der Waals surface area contributed by atoms with Gasteiger partial charge in [0.2, 0.25) is 0 Å². The third-order valence-electron chi connectivity index (χ3n) is 4.25. The highest BCUT2D eigenvalue weighted by atomic mass is 32.1. The lowest BCUT2D eigenvalue weighted by Crippen LogP contribution is -2.13. The van der Waals surface area contributed by atoms with E-state index in [1.165, 1.54) is 7.11 Å². The summed E-state index contributed by atoms with van der Waals surface area (Å²) >= 11 is 1.55. The molecule has 0 atom stereocenters. The molecule has 2 aromatic carbocycles. The molecule has 30 heavy (non-hydrogen) atoms. The Morgan fingerprint density at radius 3 is 2.57 bits per heavy atom. The molecule has 0 unspecified atom stereocenters. The molecular formula is C22H17N3O4S. The molecule has 0 spiro atoms. The summed E-state index contributed by atoms with van der Waals surface area (Å²) in [6.07, 6.45) is 0. The molecule has 150 valence electrons. The second-order valence-electron chi connectivity index (χ2n) is 6.21. The fourth-order valence-corrected chi connectivity index (χ4v) is 3.47. The van der Waals surface area contributed by atoms with Gasteiger partial charge in [0.25, 0.3) is 5.91 Å². The van der Waals surface area contributed by atoms with Gasteiger partial charge in [-0.15, -0.1) is 11.3 Å². The van der Waals surface area contributed by atoms with Gasteiger partial charge in [-0.1, -0.05) is 18.2 Å². The molecule has 0 radical (unpaired) electrons. The molecule has 8 heteroatoms. The number of esters is 1. The number of rotatable bonds is 6. The molecule has 2 aromatic heterocycles. The Hall–Kier alpha value is -3.91. The van der Waals surface area contributed by atoms with Crippen LogP contribution < -0.4 is 14.8 Å². The number of thiophene rings is 1. The second-order valence-corrected chi connectivity index (χ2v) is 7.16. The number of hydrogen-bond acceptors (Lipinski definition) is 6. The Morgan fingerprint density at radius 2 is 1.83 bits per heavy atom. The fraction of sp³-hybridized carbons (Fsp3) is 0.0455. The molecule has 0 fully saturated rings. The monoisotopic (exact) mass is 419 g/mol. The first kappa shape index (κ1) is 19.4. The zero-order valence-corrected chi connectivity index (χ0v) is 16.7. The summed E-state index contributed by atoms with van der Waals surface area (Å²) in [6.45, 7) is 0. The predicted octanol–water partition coefficient (Wildman–Crippen LogP) is 4.62. The van der Waals surface area contributed by atoms with Crippen molar-refractivity contribution in [1.82, 2.24) is 10.2 Å². The van der Waals surface area contributed by atoms with E-state index >= 15 is 0 Å². The molecule has 4 aromatic rings. The lowest BCUT2D eigenvalue weighted by atomic mass is 10.2. The van der Waals surface area contributed by atoms with Crippen LogP contribution in [0.15, 0.2) is 72.1 Å². The molecule has 0 saturated carbocycles. The SMILES string of the molecule is COc1ccccc1C(=O)Nc1ccc(OC(=O)c2cc(-c3cccs3)[nH]n2)cc1. The fourth-order valence-electron chi connectivity index (χ4n) is 2.78. The molecule has 0 bridgehead atoms. The van der Waals surface area contributed by atoms with Gasteiger partial charge in [-0.05, 0) is 53.9 Å². The van der Waals surface area contributed by atoms with Gasteiger partial charge < -0.3 is 14.8 Å². The van der Waals surface area contributed by atoms with E-state index in [9.17, 15) is 9.59 Å². The number of nitrogens with one attached hydrogen (secondary N) is 2. The molecule has 0 saturated heterocycles. The molecule has 0 aliphatic carbocycles. The van der Waals surface area contributed by atoms with Gasteiger partial charge >= 0.3 is 5.97 Å². The normalized spacial score (nSPS) is 10.4. The number of para-hydroxylation sites is 1. The lowest BCUT2D eigenvalue weighted by Gasteiger charge is -2.09. The van der Waals surface area contributed by atoms with Crippen molar-refractivity contribution < 1.29 is 19.1 Å². The van der Waals surface area contributed by atoms with Crippen molar-refractivity contribution in [3.05, 3.63) is 83.4 Å². The Balaban J connectivity index is 1.40. The average Bonchev–Trinajstić information content (AvgIpc) is 3.47. The van der Waals surface area contributed by atoms with Crippen molar-refractivity contribution >= 4 is 28.9 Å². The number of carbonyl (C=O) groups is 2. The first-order chi connectivity index (χ1) is 14.6. The van der Waals surface area contributed by atoms with E-state index in [1.54, 1.807) is 65.9 Å². The van der Waals surface area contributed by atoms with Gasteiger partial charge in [0.1, 0.15) is 11.5 Å². The van der Waals surface area contributed by atoms with Crippen LogP contribution in [0.4, 0.5) is 5.69 Å². The van der Waals surface area contributed by atoms with Gasteiger partial charge in [0.05, 0.1) is 23.2 Å². The molecule has 7 nitrogen and oxygen atoms in total. The maximum Gasteiger partial charge on any atom is 0.364 e. The smallest absolute Gasteiger partial charge is 0.364 e. The molecule has 2 heterocycles. The predicted molar refractivity (Wildman–Crippen MR) is 114 cm³/mol. The minimum Gasteiger partial charge on any atom is -0.496 e. The van der Waals surface area contributed by atoms with Crippen molar-refractivity contribution in [3.8, 4) is 22.1 Å². The van der Waals surface area contributed by atoms with Gasteiger partial charge in [-0.2, -0.15) is 5.10 Å². The van der Waals surface area contributed by atoms with Crippen molar-refractivity contribution in [2.24, 2.45) is 0 Å². The summed E-state index contributed by atoms with van der Waals surface area (Å²) < 4.78 is 10.6. The van der Waals surface area contributed by atoms with Crippen LogP contribution in [0, 0.1) is 0 Å². The number of hydrogen-bond donors (Lipinski definition) is 2. The van der Waals surface area contributed by atoms with E-state index in [0.29, 0.717) is 22.7 Å². The number of H-pyrrole nitrogens is 1. The van der Waals surface area contributed by atoms with E-state index in [0.717, 1.165) is 10.6 Å². The molecule has 0 aliphatic heterocycles. The topological polar surface area (TPSA) is 93.3 Å². The van der Waals surface area contributed by atoms with Crippen LogP contribution in [0.1, 0.15) is 20.8 Å². The van der Waals surface area contributed by atoms with Crippen LogP contribution in [0.5, 0.6) is 11.5 Å². The van der Waals surface area contributed by atoms with E-state index in [1.807, 2.05) is 17.5 Å². The van der Waals surface area contributed by atoms with Gasteiger partial charge in [-0.3, -0.25) is 9.89 Å². The third kappa shape index (κ3) is 4.23. The van der Waals surface area contributed by atoms with Gasteiger partial charge in [-0.25, -0.2) is 4.79 Å². The van der Waals surface area contributed by atoms with Gasteiger partial charge in [0, 0.05) is 5.69 Å². The quantitative estimate of drug-likeness (QED) is 0.351. The number of anilines is 1. The van der Waals surface area contributed by atoms with Crippen molar-refractivity contribution in [2.45, 2.75) is 0 Å². The van der Waals surface area contributed by atoms with Crippen molar-refractivity contribution in [1.29, 1.82) is 0 Å². The largest absolute Gasteiger partial charge is 0.496 e. The lowest BCUT2D eigenvalue weighted by molar-refractivity contribution is 0.0728. The van der Waals surface area contributed by atoms with E-state index < -0.39 is 5.97 Å². The second kappa shape index (κ2) is 8.62. The standard InChI is InChI=1S/C22H17N3O4S/c1-28-19-6-3-2-5-16(19)21(26)23-14-8-10-15(11-9-14)29-22(27)18-13-17(24-25-18)20-7-4-12-30-20/h2-13H,1H3,(H,23,26)(H,24,25). The highest BCUT2D eigenvalue weighted by molar-refractivity contribution is 7.13. The highest BCUT2D eigenvalue weighted by Gasteiger charge is 2.15. The maximum absolute atomic E-state index is 12.5. The van der Waals surface area contributed by atoms with Crippen LogP contribution in [0.2, 0.25) is 0 Å². The molecular weight excluding hydrogens is 402 g/mol. The van der Waals surface area contributed by atoms with Crippen LogP contribution in [0.25, 0.3) is 10.6 Å². The van der Waals surface area contributed by atoms with E-state index in [4.69, 9.17) is 9.47 Å². The summed E-state index contributed by atoms with van der Waals surface area (Å²) in [7, 11) is 1.51. The Morgan fingerprint density at radius 1 is 1.03 bits per heavy atom. The number of benzene rings is 2. The first-order valence-electron chi connectivity index (χ1n) is 9.00. The zero-order chi connectivity index (χ0) is 20.9. The van der Waals surface area contributed by atoms with Crippen LogP contribution >= 0.6 is 11.3 Å². The number of amides is 1. The number of nitrogens with zero attached hydrogens (tertiary/aromatic N) is 1. The summed E-state index contributed by atoms with van der Waals surface area (Å²) in [4.78, 5) is 25.8. The Kier molecular flexibility index (Phi) is 5.58. The Bertz CT molecular complexity index is 1170. The summed E-state index contributed by atoms with van der Waals surface area (Å²) in [6, 6.07) is 19.0. The molecule has 1 amide bonds. The Labute approximate surface area is 176 Å². The van der Waals surface area contributed by atoms with Crippen LogP contribution in [-0.4, -0.2) is 29.2 Å². The van der Waals surface area contributed by atoms with Crippen LogP contribution in [0.3, 0.4) is 0 Å². The number of aromatic nitrogens is 2. The minimum absolute atomic E-state index is 0.187. The van der Waals surface area contributed by atoms with Gasteiger partial charge in [0.15, 0.2) is 5.69 Å². The first-order valence-corrected chi connectivity index (χ1v) is 9.88. The zero-order valence-electron chi connectivity index (χ0n) is 15.9. The van der Waals surface area contributed by atoms with E-state index in [2.05, 4.69) is 15.5 Å². The number of carbonyl (C=O) groups excluding carboxylic acids is 2. The molecule has 2 N–H and O–H groups in total. The molecule has 4 rings (SSSR count). The number of ether oxygens (including phenoxy) is 2. The number of methoxy groups -OCH3 is 1. The van der Waals surface area contributed by atoms with Crippen molar-refractivity contribution in [3.63, 3.8) is 0 Å². The van der Waals surface area contributed by atoms with Crippen LogP contribution in [-0.2, 0) is 0 Å². The summed E-state index contributed by atoms with van der Waals surface area (Å²) in [5.74, 6) is -0.0351. The van der Waals surface area contributed by atoms with Crippen molar-refractivity contribution in [2.75, 3.05) is 12.4 Å². The maximum atomic E-state index is 12.5. The summed E-state index contributed by atoms with van der Waals surface area (Å²) in [5, 5.41) is 11.6. The minimum atomic E-state index is -0.570. The highest BCUT2D eigenvalue weighted by Crippen LogP contribution is 2.24. The number of aromatic amines is 1. The molecule has 0 aliphatic rings.